The molecule has 2 atom stereocenters. The van der Waals surface area contributed by atoms with Gasteiger partial charge in [-0.15, -0.1) is 0 Å². The van der Waals surface area contributed by atoms with Crippen molar-refractivity contribution >= 4 is 5.57 Å². The third-order valence-electron chi connectivity index (χ3n) is 5.12. The van der Waals surface area contributed by atoms with Gasteiger partial charge < -0.3 is 0 Å². The predicted octanol–water partition coefficient (Wildman–Crippen LogP) is 4.76. The number of fused-ring (bicyclic) bond motifs is 5. The van der Waals surface area contributed by atoms with E-state index < -0.39 is 0 Å². The molecule has 0 spiro atoms. The number of allylic oxidation sites excluding steroid dienone is 4. The molecule has 0 heteroatoms. The van der Waals surface area contributed by atoms with E-state index in [0.29, 0.717) is 0 Å². The summed E-state index contributed by atoms with van der Waals surface area (Å²) >= 11 is 0. The second-order valence-electron chi connectivity index (χ2n) is 6.02. The fourth-order valence-electron chi connectivity index (χ4n) is 4.24. The predicted molar refractivity (Wildman–Crippen MR) is 76.3 cm³/mol. The summed E-state index contributed by atoms with van der Waals surface area (Å²) in [5.41, 5.74) is 6.48. The Morgan fingerprint density at radius 2 is 1.78 bits per heavy atom. The molecule has 0 aromatic heterocycles. The molecular weight excluding hydrogens is 216 g/mol. The number of hydrogen-bond acceptors (Lipinski definition) is 0. The summed E-state index contributed by atoms with van der Waals surface area (Å²) in [6.45, 7) is 0. The van der Waals surface area contributed by atoms with E-state index in [1.54, 1.807) is 16.7 Å². The van der Waals surface area contributed by atoms with E-state index in [2.05, 4.69) is 36.4 Å². The first kappa shape index (κ1) is 10.6. The zero-order valence-corrected chi connectivity index (χ0v) is 10.9. The summed E-state index contributed by atoms with van der Waals surface area (Å²) in [4.78, 5) is 0. The zero-order chi connectivity index (χ0) is 11.9. The quantitative estimate of drug-likeness (QED) is 0.609. The van der Waals surface area contributed by atoms with Crippen LogP contribution in [0.2, 0.25) is 0 Å². The Labute approximate surface area is 109 Å². The highest BCUT2D eigenvalue weighted by atomic mass is 14.4. The molecule has 0 aliphatic heterocycles. The molecule has 1 fully saturated rings. The molecule has 1 saturated carbocycles. The highest BCUT2D eigenvalue weighted by molar-refractivity contribution is 5.75. The lowest BCUT2D eigenvalue weighted by Gasteiger charge is -2.40. The van der Waals surface area contributed by atoms with Gasteiger partial charge in [0.2, 0.25) is 0 Å². The van der Waals surface area contributed by atoms with Gasteiger partial charge >= 0.3 is 0 Å². The minimum absolute atomic E-state index is 0.820. The Hall–Kier alpha value is -1.30. The topological polar surface area (TPSA) is 0 Å². The third kappa shape index (κ3) is 1.51. The molecule has 4 rings (SSSR count). The fourth-order valence-corrected chi connectivity index (χ4v) is 4.24. The van der Waals surface area contributed by atoms with Crippen LogP contribution in [0, 0.1) is 11.8 Å². The highest BCUT2D eigenvalue weighted by Gasteiger charge is 2.34. The average molecular weight is 236 g/mol. The molecule has 0 radical (unpaired) electrons. The maximum Gasteiger partial charge on any atom is -0.00870 e. The lowest BCUT2D eigenvalue weighted by molar-refractivity contribution is 0.349. The van der Waals surface area contributed by atoms with Crippen molar-refractivity contribution in [2.24, 2.45) is 11.8 Å². The van der Waals surface area contributed by atoms with Crippen LogP contribution in [-0.4, -0.2) is 0 Å². The lowest BCUT2D eigenvalue weighted by Crippen LogP contribution is -2.27. The largest absolute Gasteiger partial charge is 0.0665 e. The molecule has 92 valence electrons. The molecule has 0 nitrogen and oxygen atoms in total. The maximum atomic E-state index is 2.44. The Morgan fingerprint density at radius 1 is 0.833 bits per heavy atom. The van der Waals surface area contributed by atoms with Crippen LogP contribution in [0.4, 0.5) is 0 Å². The van der Waals surface area contributed by atoms with E-state index in [1.165, 1.54) is 44.1 Å². The molecule has 0 N–H and O–H groups in total. The summed E-state index contributed by atoms with van der Waals surface area (Å²) in [6, 6.07) is 9.02. The SMILES string of the molecule is C1=C2CCCCC2C2CCc3ccccc3C2=C1. The van der Waals surface area contributed by atoms with Gasteiger partial charge in [-0.2, -0.15) is 0 Å². The summed E-state index contributed by atoms with van der Waals surface area (Å²) in [5.74, 6) is 1.69. The van der Waals surface area contributed by atoms with Crippen LogP contribution in [0.5, 0.6) is 0 Å². The highest BCUT2D eigenvalue weighted by Crippen LogP contribution is 2.48. The normalized spacial score (nSPS) is 29.6. The van der Waals surface area contributed by atoms with Gasteiger partial charge in [0.25, 0.3) is 0 Å². The maximum absolute atomic E-state index is 2.44. The standard InChI is InChI=1S/C18H20/c1-3-7-15-13(5-1)9-11-18-16-8-4-2-6-14(16)10-12-17(15)18/h1,3,5,7,10,12,16,18H,2,4,6,8-9,11H2. The summed E-state index contributed by atoms with van der Waals surface area (Å²) in [6.07, 6.45) is 13.1. The van der Waals surface area contributed by atoms with Gasteiger partial charge in [-0.25, -0.2) is 0 Å². The summed E-state index contributed by atoms with van der Waals surface area (Å²) < 4.78 is 0. The summed E-state index contributed by atoms with van der Waals surface area (Å²) in [7, 11) is 0. The molecule has 3 aliphatic carbocycles. The fraction of sp³-hybridized carbons (Fsp3) is 0.444. The smallest absolute Gasteiger partial charge is 0.00870 e. The Morgan fingerprint density at radius 3 is 2.78 bits per heavy atom. The molecule has 1 aromatic carbocycles. The molecule has 0 heterocycles. The van der Waals surface area contributed by atoms with Crippen molar-refractivity contribution in [1.29, 1.82) is 0 Å². The molecule has 2 unspecified atom stereocenters. The van der Waals surface area contributed by atoms with Gasteiger partial charge in [-0.1, -0.05) is 48.4 Å². The van der Waals surface area contributed by atoms with Gasteiger partial charge in [0, 0.05) is 0 Å². The minimum Gasteiger partial charge on any atom is -0.0665 e. The van der Waals surface area contributed by atoms with Gasteiger partial charge in [0.1, 0.15) is 0 Å². The van der Waals surface area contributed by atoms with Crippen LogP contribution in [0.1, 0.15) is 43.2 Å². The van der Waals surface area contributed by atoms with Gasteiger partial charge in [-0.3, -0.25) is 0 Å². The van der Waals surface area contributed by atoms with Gasteiger partial charge in [-0.05, 0) is 60.6 Å². The van der Waals surface area contributed by atoms with Crippen LogP contribution < -0.4 is 0 Å². The Balaban J connectivity index is 1.81. The van der Waals surface area contributed by atoms with Crippen molar-refractivity contribution in [3.05, 3.63) is 53.1 Å². The van der Waals surface area contributed by atoms with E-state index in [1.807, 2.05) is 0 Å². The van der Waals surface area contributed by atoms with E-state index in [4.69, 9.17) is 0 Å². The number of aryl methyl sites for hydroxylation is 1. The van der Waals surface area contributed by atoms with Crippen molar-refractivity contribution < 1.29 is 0 Å². The lowest BCUT2D eigenvalue weighted by atomic mass is 9.65. The van der Waals surface area contributed by atoms with E-state index >= 15 is 0 Å². The first-order valence-corrected chi connectivity index (χ1v) is 7.42. The van der Waals surface area contributed by atoms with Crippen LogP contribution in [0.25, 0.3) is 5.57 Å². The molecule has 0 amide bonds. The number of rotatable bonds is 0. The zero-order valence-electron chi connectivity index (χ0n) is 10.9. The minimum atomic E-state index is 0.820. The second-order valence-corrected chi connectivity index (χ2v) is 6.02. The molecular formula is C18H20. The van der Waals surface area contributed by atoms with Crippen LogP contribution in [0.3, 0.4) is 0 Å². The van der Waals surface area contributed by atoms with Crippen molar-refractivity contribution in [3.63, 3.8) is 0 Å². The van der Waals surface area contributed by atoms with Crippen LogP contribution in [-0.2, 0) is 6.42 Å². The van der Waals surface area contributed by atoms with Crippen molar-refractivity contribution in [1.82, 2.24) is 0 Å². The molecule has 0 bridgehead atoms. The van der Waals surface area contributed by atoms with Crippen LogP contribution in [0.15, 0.2) is 42.0 Å². The average Bonchev–Trinajstić information content (AvgIpc) is 2.46. The number of benzene rings is 1. The monoisotopic (exact) mass is 236 g/mol. The van der Waals surface area contributed by atoms with Crippen molar-refractivity contribution in [2.45, 2.75) is 38.5 Å². The first-order chi connectivity index (χ1) is 8.93. The molecule has 1 aromatic rings. The summed E-state index contributed by atoms with van der Waals surface area (Å²) in [5, 5.41) is 0. The molecule has 18 heavy (non-hydrogen) atoms. The third-order valence-corrected chi connectivity index (χ3v) is 5.12. The van der Waals surface area contributed by atoms with E-state index in [-0.39, 0.29) is 0 Å². The molecule has 3 aliphatic rings. The second kappa shape index (κ2) is 4.12. The number of hydrogen-bond donors (Lipinski definition) is 0. The van der Waals surface area contributed by atoms with E-state index in [0.717, 1.165) is 11.8 Å². The Kier molecular flexibility index (Phi) is 2.43. The van der Waals surface area contributed by atoms with Gasteiger partial charge in [0.05, 0.1) is 0 Å². The Bertz CT molecular complexity index is 533. The molecule has 0 saturated heterocycles. The van der Waals surface area contributed by atoms with Crippen molar-refractivity contribution in [2.75, 3.05) is 0 Å². The van der Waals surface area contributed by atoms with E-state index in [9.17, 15) is 0 Å². The van der Waals surface area contributed by atoms with Crippen LogP contribution >= 0.6 is 0 Å². The first-order valence-electron chi connectivity index (χ1n) is 7.42. The van der Waals surface area contributed by atoms with Crippen molar-refractivity contribution in [3.8, 4) is 0 Å². The van der Waals surface area contributed by atoms with Gasteiger partial charge in [0.15, 0.2) is 0 Å².